The van der Waals surface area contributed by atoms with E-state index in [-0.39, 0.29) is 18.6 Å². The summed E-state index contributed by atoms with van der Waals surface area (Å²) in [7, 11) is 1.56. The number of nitrogens with one attached hydrogen (secondary N) is 1. The summed E-state index contributed by atoms with van der Waals surface area (Å²) in [6, 6.07) is 9.73. The first-order valence-corrected chi connectivity index (χ1v) is 7.23. The quantitative estimate of drug-likeness (QED) is 0.866. The summed E-state index contributed by atoms with van der Waals surface area (Å²) in [4.78, 5) is 12.3. The van der Waals surface area contributed by atoms with Crippen molar-refractivity contribution in [3.05, 3.63) is 35.9 Å². The van der Waals surface area contributed by atoms with Gasteiger partial charge >= 0.3 is 0 Å². The number of aliphatic hydroxyl groups excluding tert-OH is 1. The van der Waals surface area contributed by atoms with Gasteiger partial charge in [0.1, 0.15) is 0 Å². The summed E-state index contributed by atoms with van der Waals surface area (Å²) >= 11 is 0. The smallest absolute Gasteiger partial charge is 0.253 e. The lowest BCUT2D eigenvalue weighted by molar-refractivity contribution is -0.132. The van der Waals surface area contributed by atoms with Crippen LogP contribution in [0.4, 0.5) is 0 Å². The van der Waals surface area contributed by atoms with Crippen molar-refractivity contribution in [2.24, 2.45) is 5.92 Å². The Morgan fingerprint density at radius 3 is 2.50 bits per heavy atom. The summed E-state index contributed by atoms with van der Waals surface area (Å²) in [5.74, 6) is 0.321. The molecule has 4 nitrogen and oxygen atoms in total. The van der Waals surface area contributed by atoms with Gasteiger partial charge in [-0.2, -0.15) is 0 Å². The maximum atomic E-state index is 12.3. The number of methoxy groups -OCH3 is 1. The number of aliphatic hydroxyl groups is 1. The second-order valence-electron chi connectivity index (χ2n) is 5.44. The first kappa shape index (κ1) is 15.0. The molecule has 1 fully saturated rings. The zero-order chi connectivity index (χ0) is 14.4. The minimum atomic E-state index is -0.549. The van der Waals surface area contributed by atoms with Gasteiger partial charge in [0.25, 0.3) is 5.91 Å². The van der Waals surface area contributed by atoms with Gasteiger partial charge in [-0.05, 0) is 37.2 Å². The van der Waals surface area contributed by atoms with Gasteiger partial charge in [-0.15, -0.1) is 0 Å². The summed E-state index contributed by atoms with van der Waals surface area (Å²) in [6.07, 6.45) is 3.27. The van der Waals surface area contributed by atoms with Gasteiger partial charge in [0.15, 0.2) is 6.10 Å². The van der Waals surface area contributed by atoms with E-state index in [0.29, 0.717) is 5.92 Å². The van der Waals surface area contributed by atoms with Crippen LogP contribution in [-0.4, -0.2) is 30.8 Å². The van der Waals surface area contributed by atoms with Crippen LogP contribution in [0.15, 0.2) is 30.3 Å². The molecule has 1 aliphatic rings. The van der Waals surface area contributed by atoms with Crippen LogP contribution in [0.2, 0.25) is 0 Å². The lowest BCUT2D eigenvalue weighted by Gasteiger charge is -2.29. The normalized spacial score (nSPS) is 24.1. The zero-order valence-corrected chi connectivity index (χ0v) is 11.9. The highest BCUT2D eigenvalue weighted by atomic mass is 16.5. The zero-order valence-electron chi connectivity index (χ0n) is 11.9. The van der Waals surface area contributed by atoms with Gasteiger partial charge in [-0.3, -0.25) is 4.79 Å². The molecule has 4 heteroatoms. The van der Waals surface area contributed by atoms with Crippen LogP contribution >= 0.6 is 0 Å². The van der Waals surface area contributed by atoms with E-state index in [9.17, 15) is 4.79 Å². The highest BCUT2D eigenvalue weighted by Gasteiger charge is 2.26. The summed E-state index contributed by atoms with van der Waals surface area (Å²) in [6.45, 7) is 0.255. The summed E-state index contributed by atoms with van der Waals surface area (Å²) in [5.41, 5.74) is 0.872. The molecule has 110 valence electrons. The van der Waals surface area contributed by atoms with Crippen LogP contribution in [-0.2, 0) is 9.53 Å². The van der Waals surface area contributed by atoms with Gasteiger partial charge < -0.3 is 15.2 Å². The van der Waals surface area contributed by atoms with E-state index in [4.69, 9.17) is 9.84 Å². The van der Waals surface area contributed by atoms with Gasteiger partial charge in [0.2, 0.25) is 0 Å². The maximum Gasteiger partial charge on any atom is 0.253 e. The molecular formula is C16H23NO3. The summed E-state index contributed by atoms with van der Waals surface area (Å²) in [5, 5.41) is 12.2. The average molecular weight is 277 g/mol. The van der Waals surface area contributed by atoms with Gasteiger partial charge in [0.05, 0.1) is 0 Å². The van der Waals surface area contributed by atoms with Crippen LogP contribution in [0.25, 0.3) is 0 Å². The predicted molar refractivity (Wildman–Crippen MR) is 77.2 cm³/mol. The number of rotatable bonds is 5. The Kier molecular flexibility index (Phi) is 5.56. The molecule has 1 saturated carbocycles. The first-order valence-electron chi connectivity index (χ1n) is 7.23. The fourth-order valence-electron chi connectivity index (χ4n) is 2.79. The van der Waals surface area contributed by atoms with E-state index in [1.807, 2.05) is 30.3 Å². The maximum absolute atomic E-state index is 12.3. The second kappa shape index (κ2) is 7.41. The molecule has 0 spiro atoms. The molecule has 1 aromatic rings. The number of hydrogen-bond acceptors (Lipinski definition) is 3. The van der Waals surface area contributed by atoms with Crippen molar-refractivity contribution < 1.29 is 14.6 Å². The number of carbonyl (C=O) groups excluding carboxylic acids is 1. The molecule has 1 amide bonds. The Hall–Kier alpha value is -1.39. The molecule has 0 aliphatic heterocycles. The predicted octanol–water partition coefficient (Wildman–Crippen LogP) is 2.04. The molecule has 2 N–H and O–H groups in total. The van der Waals surface area contributed by atoms with Crippen molar-refractivity contribution in [2.45, 2.75) is 37.8 Å². The molecule has 0 bridgehead atoms. The third-order valence-corrected chi connectivity index (χ3v) is 4.03. The molecule has 1 atom stereocenters. The molecule has 1 aromatic carbocycles. The van der Waals surface area contributed by atoms with Gasteiger partial charge in [-0.1, -0.05) is 30.3 Å². The van der Waals surface area contributed by atoms with E-state index in [2.05, 4.69) is 5.32 Å². The fourth-order valence-corrected chi connectivity index (χ4v) is 2.79. The van der Waals surface area contributed by atoms with Crippen molar-refractivity contribution >= 4 is 5.91 Å². The van der Waals surface area contributed by atoms with Crippen LogP contribution < -0.4 is 5.32 Å². The number of carbonyl (C=O) groups is 1. The third-order valence-electron chi connectivity index (χ3n) is 4.03. The molecule has 0 radical (unpaired) electrons. The molecule has 0 heterocycles. The van der Waals surface area contributed by atoms with E-state index >= 15 is 0 Å². The lowest BCUT2D eigenvalue weighted by atomic mass is 9.86. The second-order valence-corrected chi connectivity index (χ2v) is 5.44. The van der Waals surface area contributed by atoms with Crippen molar-refractivity contribution in [3.63, 3.8) is 0 Å². The topological polar surface area (TPSA) is 58.6 Å². The lowest BCUT2D eigenvalue weighted by Crippen LogP contribution is -2.41. The van der Waals surface area contributed by atoms with Crippen LogP contribution in [0.5, 0.6) is 0 Å². The van der Waals surface area contributed by atoms with Crippen molar-refractivity contribution in [1.82, 2.24) is 5.32 Å². The molecule has 1 aliphatic carbocycles. The van der Waals surface area contributed by atoms with Crippen LogP contribution in [0, 0.1) is 5.92 Å². The SMILES string of the molecule is CO[C@@H](C(=O)NC1CCC(CO)CC1)c1ccccc1. The number of amides is 1. The van der Waals surface area contributed by atoms with Crippen molar-refractivity contribution in [1.29, 1.82) is 0 Å². The largest absolute Gasteiger partial charge is 0.396 e. The Bertz CT molecular complexity index is 413. The number of hydrogen-bond donors (Lipinski definition) is 2. The molecule has 2 rings (SSSR count). The van der Waals surface area contributed by atoms with E-state index in [1.54, 1.807) is 7.11 Å². The highest BCUT2D eigenvalue weighted by Crippen LogP contribution is 2.25. The van der Waals surface area contributed by atoms with E-state index in [1.165, 1.54) is 0 Å². The van der Waals surface area contributed by atoms with Crippen LogP contribution in [0.1, 0.15) is 37.4 Å². The average Bonchev–Trinajstić information content (AvgIpc) is 2.50. The molecule has 20 heavy (non-hydrogen) atoms. The fraction of sp³-hybridized carbons (Fsp3) is 0.562. The molecule has 0 saturated heterocycles. The Morgan fingerprint density at radius 2 is 1.95 bits per heavy atom. The first-order chi connectivity index (χ1) is 9.74. The van der Waals surface area contributed by atoms with E-state index < -0.39 is 6.10 Å². The Labute approximate surface area is 120 Å². The molecule has 0 aromatic heterocycles. The number of ether oxygens (including phenoxy) is 1. The minimum absolute atomic E-state index is 0.0776. The van der Waals surface area contributed by atoms with Crippen molar-refractivity contribution in [3.8, 4) is 0 Å². The molecule has 0 unspecified atom stereocenters. The van der Waals surface area contributed by atoms with Gasteiger partial charge in [-0.25, -0.2) is 0 Å². The standard InChI is InChI=1S/C16H23NO3/c1-20-15(13-5-3-2-4-6-13)16(19)17-14-9-7-12(11-18)8-10-14/h2-6,12,14-15,18H,7-11H2,1H3,(H,17,19)/t12?,14?,15-/m1/s1. The Balaban J connectivity index is 1.90. The van der Waals surface area contributed by atoms with Crippen molar-refractivity contribution in [2.75, 3.05) is 13.7 Å². The van der Waals surface area contributed by atoms with Gasteiger partial charge in [0, 0.05) is 19.8 Å². The Morgan fingerprint density at radius 1 is 1.30 bits per heavy atom. The van der Waals surface area contributed by atoms with Crippen LogP contribution in [0.3, 0.4) is 0 Å². The third kappa shape index (κ3) is 3.81. The summed E-state index contributed by atoms with van der Waals surface area (Å²) < 4.78 is 5.33. The van der Waals surface area contributed by atoms with E-state index in [0.717, 1.165) is 31.2 Å². The highest BCUT2D eigenvalue weighted by molar-refractivity contribution is 5.82. The monoisotopic (exact) mass is 277 g/mol. The minimum Gasteiger partial charge on any atom is -0.396 e. The number of benzene rings is 1. The molecular weight excluding hydrogens is 254 g/mol.